The van der Waals surface area contributed by atoms with Crippen molar-refractivity contribution in [1.82, 2.24) is 10.2 Å². The molecule has 6 heteroatoms. The Labute approximate surface area is 175 Å². The van der Waals surface area contributed by atoms with E-state index in [1.165, 1.54) is 57.4 Å². The van der Waals surface area contributed by atoms with E-state index < -0.39 is 0 Å². The second-order valence-corrected chi connectivity index (χ2v) is 7.70. The first-order valence-corrected chi connectivity index (χ1v) is 9.75. The minimum atomic E-state index is 0. The number of hydrogen-bond donors (Lipinski definition) is 1. The molecule has 152 valence electrons. The summed E-state index contributed by atoms with van der Waals surface area (Å²) in [4.78, 5) is 2.61. The first kappa shape index (κ1) is 22.4. The average molecular weight is 415 g/mol. The second-order valence-electron chi connectivity index (χ2n) is 7.70. The number of likely N-dealkylation sites (tertiary alicyclic amines) is 1. The molecule has 3 heterocycles. The molecule has 0 spiro atoms. The van der Waals surface area contributed by atoms with Crippen molar-refractivity contribution in [3.63, 3.8) is 0 Å². The highest BCUT2D eigenvalue weighted by Gasteiger charge is 2.28. The number of fused-ring (bicyclic) bond motifs is 1. The molecule has 0 unspecified atom stereocenters. The van der Waals surface area contributed by atoms with Crippen LogP contribution in [-0.4, -0.2) is 51.3 Å². The van der Waals surface area contributed by atoms with Gasteiger partial charge in [0.2, 0.25) is 0 Å². The minimum Gasteiger partial charge on any atom is -0.497 e. The molecule has 0 bridgehead atoms. The van der Waals surface area contributed by atoms with Crippen molar-refractivity contribution in [2.75, 3.05) is 46.4 Å². The van der Waals surface area contributed by atoms with Crippen molar-refractivity contribution < 1.29 is 9.47 Å². The molecule has 2 fully saturated rings. The number of halogens is 2. The summed E-state index contributed by atoms with van der Waals surface area (Å²) in [7, 11) is 1.71. The van der Waals surface area contributed by atoms with Crippen molar-refractivity contribution in [2.24, 2.45) is 11.8 Å². The van der Waals surface area contributed by atoms with Crippen LogP contribution in [0.25, 0.3) is 6.08 Å². The van der Waals surface area contributed by atoms with Crippen LogP contribution in [0.5, 0.6) is 11.5 Å². The summed E-state index contributed by atoms with van der Waals surface area (Å²) in [6, 6.07) is 6.03. The number of nitrogens with one attached hydrogen (secondary N) is 1. The first-order valence-electron chi connectivity index (χ1n) is 9.75. The molecule has 0 amide bonds. The SMILES string of the molecule is COc1ccc2c(c1)C=C(CN1CCC(C3CCNCC3)CC1)CO2.Cl.Cl. The predicted octanol–water partition coefficient (Wildman–Crippen LogP) is 4.03. The summed E-state index contributed by atoms with van der Waals surface area (Å²) in [6.07, 6.45) is 7.78. The van der Waals surface area contributed by atoms with Crippen LogP contribution < -0.4 is 14.8 Å². The van der Waals surface area contributed by atoms with E-state index >= 15 is 0 Å². The Balaban J connectivity index is 0.00000131. The maximum Gasteiger partial charge on any atom is 0.127 e. The van der Waals surface area contributed by atoms with Gasteiger partial charge in [0.05, 0.1) is 7.11 Å². The normalized spacial score (nSPS) is 21.1. The third kappa shape index (κ3) is 5.54. The van der Waals surface area contributed by atoms with Gasteiger partial charge in [-0.05, 0) is 93.5 Å². The van der Waals surface area contributed by atoms with Crippen LogP contribution in [0.4, 0.5) is 0 Å². The van der Waals surface area contributed by atoms with Crippen LogP contribution in [-0.2, 0) is 0 Å². The van der Waals surface area contributed by atoms with Crippen molar-refractivity contribution in [3.05, 3.63) is 29.3 Å². The summed E-state index contributed by atoms with van der Waals surface area (Å²) in [5, 5.41) is 3.49. The van der Waals surface area contributed by atoms with Crippen molar-refractivity contribution in [2.45, 2.75) is 25.7 Å². The van der Waals surface area contributed by atoms with E-state index in [1.54, 1.807) is 7.11 Å². The summed E-state index contributed by atoms with van der Waals surface area (Å²) in [6.45, 7) is 6.66. The largest absolute Gasteiger partial charge is 0.497 e. The van der Waals surface area contributed by atoms with E-state index in [1.807, 2.05) is 12.1 Å². The monoisotopic (exact) mass is 414 g/mol. The molecule has 4 nitrogen and oxygen atoms in total. The molecule has 0 radical (unpaired) electrons. The molecule has 3 aliphatic heterocycles. The van der Waals surface area contributed by atoms with Crippen LogP contribution in [0.2, 0.25) is 0 Å². The smallest absolute Gasteiger partial charge is 0.127 e. The van der Waals surface area contributed by atoms with E-state index in [9.17, 15) is 0 Å². The van der Waals surface area contributed by atoms with Crippen LogP contribution in [0.3, 0.4) is 0 Å². The minimum absolute atomic E-state index is 0. The van der Waals surface area contributed by atoms with Gasteiger partial charge in [0.25, 0.3) is 0 Å². The quantitative estimate of drug-likeness (QED) is 0.805. The summed E-state index contributed by atoms with van der Waals surface area (Å²) < 4.78 is 11.3. The molecule has 3 aliphatic rings. The van der Waals surface area contributed by atoms with Crippen LogP contribution in [0.15, 0.2) is 23.8 Å². The highest BCUT2D eigenvalue weighted by Crippen LogP contribution is 2.33. The zero-order valence-corrected chi connectivity index (χ0v) is 17.7. The second kappa shape index (κ2) is 10.6. The van der Waals surface area contributed by atoms with Gasteiger partial charge in [0.15, 0.2) is 0 Å². The Morgan fingerprint density at radius 2 is 1.78 bits per heavy atom. The predicted molar refractivity (Wildman–Crippen MR) is 116 cm³/mol. The number of benzene rings is 1. The van der Waals surface area contributed by atoms with Gasteiger partial charge in [0, 0.05) is 12.1 Å². The number of rotatable bonds is 4. The third-order valence-corrected chi connectivity index (χ3v) is 6.10. The standard InChI is InChI=1S/C21H30N2O2.2ClH/c1-24-20-2-3-21-19(13-20)12-16(15-25-21)14-23-10-6-18(7-11-23)17-4-8-22-9-5-17;;/h2-3,12-13,17-18,22H,4-11,14-15H2,1H3;2*1H. The molecule has 4 rings (SSSR count). The summed E-state index contributed by atoms with van der Waals surface area (Å²) >= 11 is 0. The Kier molecular flexibility index (Phi) is 8.74. The van der Waals surface area contributed by atoms with Crippen LogP contribution in [0, 0.1) is 11.8 Å². The number of ether oxygens (including phenoxy) is 2. The van der Waals surface area contributed by atoms with Crippen LogP contribution >= 0.6 is 24.8 Å². The van der Waals surface area contributed by atoms with Gasteiger partial charge < -0.3 is 14.8 Å². The lowest BCUT2D eigenvalue weighted by Gasteiger charge is -2.38. The zero-order valence-electron chi connectivity index (χ0n) is 16.1. The molecule has 2 saturated heterocycles. The first-order chi connectivity index (χ1) is 12.3. The van der Waals surface area contributed by atoms with E-state index in [0.29, 0.717) is 6.61 Å². The maximum absolute atomic E-state index is 5.94. The Bertz CT molecular complexity index is 625. The lowest BCUT2D eigenvalue weighted by atomic mass is 9.79. The lowest BCUT2D eigenvalue weighted by molar-refractivity contribution is 0.135. The lowest BCUT2D eigenvalue weighted by Crippen LogP contribution is -2.40. The highest BCUT2D eigenvalue weighted by molar-refractivity contribution is 5.85. The molecule has 0 saturated carbocycles. The van der Waals surface area contributed by atoms with Gasteiger partial charge in [-0.25, -0.2) is 0 Å². The van der Waals surface area contributed by atoms with Gasteiger partial charge in [-0.3, -0.25) is 4.90 Å². The van der Waals surface area contributed by atoms with Crippen LogP contribution in [0.1, 0.15) is 31.2 Å². The Morgan fingerprint density at radius 3 is 2.48 bits per heavy atom. The maximum atomic E-state index is 5.94. The number of nitrogens with zero attached hydrogens (tertiary/aromatic N) is 1. The zero-order chi connectivity index (χ0) is 17.1. The van der Waals surface area contributed by atoms with Gasteiger partial charge in [0.1, 0.15) is 18.1 Å². The Hall–Kier alpha value is -0.940. The average Bonchev–Trinajstić information content (AvgIpc) is 2.68. The number of piperidine rings is 2. The molecular formula is C21H32Cl2N2O2. The molecule has 0 aliphatic carbocycles. The topological polar surface area (TPSA) is 33.7 Å². The fraction of sp³-hybridized carbons (Fsp3) is 0.619. The van der Waals surface area contributed by atoms with E-state index in [0.717, 1.165) is 35.4 Å². The fourth-order valence-electron chi connectivity index (χ4n) is 4.61. The molecule has 0 atom stereocenters. The van der Waals surface area contributed by atoms with Crippen molar-refractivity contribution in [3.8, 4) is 11.5 Å². The molecule has 1 N–H and O–H groups in total. The summed E-state index contributed by atoms with van der Waals surface area (Å²) in [5.74, 6) is 3.76. The molecular weight excluding hydrogens is 383 g/mol. The highest BCUT2D eigenvalue weighted by atomic mass is 35.5. The Morgan fingerprint density at radius 1 is 1.07 bits per heavy atom. The van der Waals surface area contributed by atoms with Crippen molar-refractivity contribution >= 4 is 30.9 Å². The summed E-state index contributed by atoms with van der Waals surface area (Å²) in [5.41, 5.74) is 2.52. The molecule has 0 aromatic heterocycles. The van der Waals surface area contributed by atoms with Gasteiger partial charge >= 0.3 is 0 Å². The fourth-order valence-corrected chi connectivity index (χ4v) is 4.61. The molecule has 1 aromatic rings. The molecule has 1 aromatic carbocycles. The van der Waals surface area contributed by atoms with Crippen molar-refractivity contribution in [1.29, 1.82) is 0 Å². The van der Waals surface area contributed by atoms with Gasteiger partial charge in [-0.1, -0.05) is 0 Å². The van der Waals surface area contributed by atoms with E-state index in [2.05, 4.69) is 22.4 Å². The number of hydrogen-bond acceptors (Lipinski definition) is 4. The third-order valence-electron chi connectivity index (χ3n) is 6.10. The van der Waals surface area contributed by atoms with Gasteiger partial charge in [-0.2, -0.15) is 0 Å². The number of methoxy groups -OCH3 is 1. The van der Waals surface area contributed by atoms with Gasteiger partial charge in [-0.15, -0.1) is 24.8 Å². The van der Waals surface area contributed by atoms with E-state index in [-0.39, 0.29) is 24.8 Å². The van der Waals surface area contributed by atoms with E-state index in [4.69, 9.17) is 9.47 Å². The molecule has 27 heavy (non-hydrogen) atoms.